The SMILES string of the molecule is CN1CCN(Nc2ncc3cc(-c4cccc(C(=O)NCCO)c4)ccc3n2)CC1. The van der Waals surface area contributed by atoms with Crippen LogP contribution in [-0.2, 0) is 0 Å². The summed E-state index contributed by atoms with van der Waals surface area (Å²) >= 11 is 0. The van der Waals surface area contributed by atoms with Crippen molar-refractivity contribution in [2.24, 2.45) is 0 Å². The molecule has 4 rings (SSSR count). The molecule has 2 aromatic carbocycles. The molecule has 0 radical (unpaired) electrons. The molecule has 0 saturated carbocycles. The smallest absolute Gasteiger partial charge is 0.251 e. The van der Waals surface area contributed by atoms with E-state index in [1.165, 1.54) is 0 Å². The van der Waals surface area contributed by atoms with E-state index < -0.39 is 0 Å². The first-order valence-corrected chi connectivity index (χ1v) is 10.1. The summed E-state index contributed by atoms with van der Waals surface area (Å²) in [6.07, 6.45) is 1.82. The largest absolute Gasteiger partial charge is 0.395 e. The number of anilines is 1. The molecule has 0 unspecified atom stereocenters. The van der Waals surface area contributed by atoms with E-state index in [2.05, 4.69) is 37.7 Å². The molecule has 2 heterocycles. The van der Waals surface area contributed by atoms with E-state index in [1.807, 2.05) is 42.6 Å². The lowest BCUT2D eigenvalue weighted by Gasteiger charge is -2.32. The van der Waals surface area contributed by atoms with Crippen LogP contribution in [-0.4, -0.2) is 77.3 Å². The minimum Gasteiger partial charge on any atom is -0.395 e. The van der Waals surface area contributed by atoms with Crippen LogP contribution in [0.4, 0.5) is 5.95 Å². The molecule has 0 aliphatic carbocycles. The number of piperazine rings is 1. The molecule has 1 aliphatic heterocycles. The molecular formula is C22H26N6O2. The van der Waals surface area contributed by atoms with Crippen molar-refractivity contribution in [2.45, 2.75) is 0 Å². The van der Waals surface area contributed by atoms with Crippen molar-refractivity contribution in [1.29, 1.82) is 0 Å². The molecule has 0 spiro atoms. The summed E-state index contributed by atoms with van der Waals surface area (Å²) in [5.41, 5.74) is 6.65. The number of aliphatic hydroxyl groups excluding tert-OH is 1. The number of rotatable bonds is 6. The van der Waals surface area contributed by atoms with Gasteiger partial charge in [0.1, 0.15) is 0 Å². The number of nitrogens with one attached hydrogen (secondary N) is 2. The summed E-state index contributed by atoms with van der Waals surface area (Å²) < 4.78 is 0. The molecule has 1 aromatic heterocycles. The number of aliphatic hydroxyl groups is 1. The summed E-state index contributed by atoms with van der Waals surface area (Å²) in [6.45, 7) is 4.04. The summed E-state index contributed by atoms with van der Waals surface area (Å²) in [7, 11) is 2.12. The Morgan fingerprint density at radius 2 is 1.90 bits per heavy atom. The van der Waals surface area contributed by atoms with Gasteiger partial charge in [0.25, 0.3) is 5.91 Å². The fourth-order valence-electron chi connectivity index (χ4n) is 3.44. The molecule has 8 heteroatoms. The van der Waals surface area contributed by atoms with Crippen molar-refractivity contribution in [3.63, 3.8) is 0 Å². The Morgan fingerprint density at radius 1 is 1.10 bits per heavy atom. The van der Waals surface area contributed by atoms with E-state index in [-0.39, 0.29) is 19.1 Å². The zero-order valence-corrected chi connectivity index (χ0v) is 17.0. The van der Waals surface area contributed by atoms with Gasteiger partial charge in [0.05, 0.1) is 12.1 Å². The van der Waals surface area contributed by atoms with Crippen LogP contribution in [0.2, 0.25) is 0 Å². The fourth-order valence-corrected chi connectivity index (χ4v) is 3.44. The maximum Gasteiger partial charge on any atom is 0.251 e. The molecule has 1 fully saturated rings. The van der Waals surface area contributed by atoms with Gasteiger partial charge >= 0.3 is 0 Å². The van der Waals surface area contributed by atoms with Crippen molar-refractivity contribution in [2.75, 3.05) is 51.8 Å². The fraction of sp³-hybridized carbons (Fsp3) is 0.318. The number of likely N-dealkylation sites (N-methyl/N-ethyl adjacent to an activating group) is 1. The van der Waals surface area contributed by atoms with Crippen LogP contribution in [0, 0.1) is 0 Å². The first-order chi connectivity index (χ1) is 14.6. The first kappa shape index (κ1) is 20.2. The Hall–Kier alpha value is -3.07. The Balaban J connectivity index is 1.52. The van der Waals surface area contributed by atoms with Crippen LogP contribution in [0.1, 0.15) is 10.4 Å². The van der Waals surface area contributed by atoms with Crippen molar-refractivity contribution < 1.29 is 9.90 Å². The van der Waals surface area contributed by atoms with E-state index in [0.29, 0.717) is 11.5 Å². The summed E-state index contributed by atoms with van der Waals surface area (Å²) in [5.74, 6) is 0.400. The van der Waals surface area contributed by atoms with Gasteiger partial charge in [0, 0.05) is 49.9 Å². The van der Waals surface area contributed by atoms with E-state index in [0.717, 1.165) is 48.2 Å². The molecule has 3 N–H and O–H groups in total. The van der Waals surface area contributed by atoms with E-state index in [4.69, 9.17) is 5.11 Å². The number of hydrazine groups is 1. The molecule has 3 aromatic rings. The minimum atomic E-state index is -0.199. The van der Waals surface area contributed by atoms with Gasteiger partial charge in [-0.25, -0.2) is 15.0 Å². The third kappa shape index (κ3) is 4.73. The number of carbonyl (C=O) groups is 1. The number of fused-ring (bicyclic) bond motifs is 1. The van der Waals surface area contributed by atoms with Gasteiger partial charge in [-0.2, -0.15) is 0 Å². The predicted molar refractivity (Wildman–Crippen MR) is 117 cm³/mol. The molecule has 1 amide bonds. The number of amides is 1. The van der Waals surface area contributed by atoms with Gasteiger partial charge in [-0.1, -0.05) is 18.2 Å². The molecular weight excluding hydrogens is 380 g/mol. The average molecular weight is 406 g/mol. The second-order valence-corrected chi connectivity index (χ2v) is 7.43. The Kier molecular flexibility index (Phi) is 6.18. The highest BCUT2D eigenvalue weighted by Crippen LogP contribution is 2.25. The minimum absolute atomic E-state index is 0.0816. The predicted octanol–water partition coefficient (Wildman–Crippen LogP) is 1.59. The van der Waals surface area contributed by atoms with Gasteiger partial charge in [0.15, 0.2) is 0 Å². The van der Waals surface area contributed by atoms with Gasteiger partial charge in [-0.3, -0.25) is 10.2 Å². The van der Waals surface area contributed by atoms with E-state index in [9.17, 15) is 4.79 Å². The molecule has 30 heavy (non-hydrogen) atoms. The second-order valence-electron chi connectivity index (χ2n) is 7.43. The monoisotopic (exact) mass is 406 g/mol. The van der Waals surface area contributed by atoms with Gasteiger partial charge in [-0.15, -0.1) is 0 Å². The highest BCUT2D eigenvalue weighted by atomic mass is 16.3. The van der Waals surface area contributed by atoms with Gasteiger partial charge in [0.2, 0.25) is 5.95 Å². The van der Waals surface area contributed by atoms with Crippen LogP contribution >= 0.6 is 0 Å². The summed E-state index contributed by atoms with van der Waals surface area (Å²) in [5, 5.41) is 14.6. The van der Waals surface area contributed by atoms with Crippen LogP contribution in [0.15, 0.2) is 48.7 Å². The number of hydrogen-bond acceptors (Lipinski definition) is 7. The van der Waals surface area contributed by atoms with Crippen LogP contribution in [0.3, 0.4) is 0 Å². The Morgan fingerprint density at radius 3 is 2.70 bits per heavy atom. The van der Waals surface area contributed by atoms with E-state index in [1.54, 1.807) is 6.07 Å². The highest BCUT2D eigenvalue weighted by Gasteiger charge is 2.14. The molecule has 1 aliphatic rings. The zero-order chi connectivity index (χ0) is 20.9. The average Bonchev–Trinajstić information content (AvgIpc) is 2.78. The standard InChI is InChI=1S/C22H26N6O2/c1-27-8-10-28(11-9-27)26-22-24-15-19-14-17(5-6-20(19)25-22)16-3-2-4-18(13-16)21(30)23-7-12-29/h2-6,13-15,29H,7-12H2,1H3,(H,23,30)(H,24,25,26). The molecule has 8 nitrogen and oxygen atoms in total. The van der Waals surface area contributed by atoms with Crippen molar-refractivity contribution in [1.82, 2.24) is 25.2 Å². The number of aromatic nitrogens is 2. The summed E-state index contributed by atoms with van der Waals surface area (Å²) in [6, 6.07) is 13.4. The second kappa shape index (κ2) is 9.17. The third-order valence-corrected chi connectivity index (χ3v) is 5.20. The first-order valence-electron chi connectivity index (χ1n) is 10.1. The topological polar surface area (TPSA) is 93.6 Å². The molecule has 0 bridgehead atoms. The van der Waals surface area contributed by atoms with Crippen LogP contribution in [0.5, 0.6) is 0 Å². The lowest BCUT2D eigenvalue weighted by atomic mass is 10.0. The highest BCUT2D eigenvalue weighted by molar-refractivity contribution is 5.95. The zero-order valence-electron chi connectivity index (χ0n) is 17.0. The number of nitrogens with zero attached hydrogens (tertiary/aromatic N) is 4. The Bertz CT molecular complexity index is 1030. The maximum atomic E-state index is 12.2. The molecule has 156 valence electrons. The normalized spacial score (nSPS) is 15.3. The van der Waals surface area contributed by atoms with Crippen molar-refractivity contribution in [3.8, 4) is 11.1 Å². The lowest BCUT2D eigenvalue weighted by Crippen LogP contribution is -2.47. The number of benzene rings is 2. The van der Waals surface area contributed by atoms with Gasteiger partial charge < -0.3 is 15.3 Å². The summed E-state index contributed by atoms with van der Waals surface area (Å²) in [4.78, 5) is 23.6. The third-order valence-electron chi connectivity index (χ3n) is 5.20. The van der Waals surface area contributed by atoms with Crippen molar-refractivity contribution >= 4 is 22.8 Å². The van der Waals surface area contributed by atoms with Gasteiger partial charge in [-0.05, 0) is 42.4 Å². The Labute approximate surface area is 175 Å². The quantitative estimate of drug-likeness (QED) is 0.572. The number of carbonyl (C=O) groups excluding carboxylic acids is 1. The van der Waals surface area contributed by atoms with Crippen LogP contribution in [0.25, 0.3) is 22.0 Å². The lowest BCUT2D eigenvalue weighted by molar-refractivity contribution is 0.0945. The molecule has 0 atom stereocenters. The molecule has 1 saturated heterocycles. The maximum absolute atomic E-state index is 12.2. The van der Waals surface area contributed by atoms with Crippen LogP contribution < -0.4 is 10.7 Å². The van der Waals surface area contributed by atoms with E-state index >= 15 is 0 Å². The van der Waals surface area contributed by atoms with Crippen molar-refractivity contribution in [3.05, 3.63) is 54.2 Å². The number of hydrogen-bond donors (Lipinski definition) is 3.